The molecular weight excluding hydrogens is 342 g/mol. The maximum absolute atomic E-state index is 12.4. The minimum Gasteiger partial charge on any atom is -0.350 e. The summed E-state index contributed by atoms with van der Waals surface area (Å²) in [5.74, 6) is -0.0573. The van der Waals surface area contributed by atoms with Crippen LogP contribution < -0.4 is 5.32 Å². The van der Waals surface area contributed by atoms with Crippen LogP contribution in [0.1, 0.15) is 36.1 Å². The Morgan fingerprint density at radius 2 is 2.17 bits per heavy atom. The van der Waals surface area contributed by atoms with Gasteiger partial charge in [-0.05, 0) is 39.4 Å². The van der Waals surface area contributed by atoms with Gasteiger partial charge in [0.15, 0.2) is 0 Å². The zero-order chi connectivity index (χ0) is 17.7. The highest BCUT2D eigenvalue weighted by Crippen LogP contribution is 2.29. The molecule has 0 spiro atoms. The second-order valence-corrected chi connectivity index (χ2v) is 7.36. The molecule has 0 unspecified atom stereocenters. The Hall–Kier alpha value is -1.43. The molecule has 0 fully saturated rings. The summed E-state index contributed by atoms with van der Waals surface area (Å²) in [6.07, 6.45) is 0. The van der Waals surface area contributed by atoms with Gasteiger partial charge in [0.1, 0.15) is 9.88 Å². The van der Waals surface area contributed by atoms with Crippen LogP contribution in [0, 0.1) is 6.92 Å². The van der Waals surface area contributed by atoms with E-state index in [1.165, 1.54) is 11.3 Å². The van der Waals surface area contributed by atoms with Crippen LogP contribution in [0.15, 0.2) is 24.3 Å². The molecule has 0 bridgehead atoms. The van der Waals surface area contributed by atoms with E-state index in [1.54, 1.807) is 0 Å². The number of aromatic nitrogens is 1. The van der Waals surface area contributed by atoms with E-state index in [2.05, 4.69) is 36.0 Å². The van der Waals surface area contributed by atoms with E-state index in [-0.39, 0.29) is 5.91 Å². The summed E-state index contributed by atoms with van der Waals surface area (Å²) >= 11 is 7.44. The molecule has 1 aromatic carbocycles. The topological polar surface area (TPSA) is 45.2 Å². The number of carbonyl (C=O) groups is 1. The van der Waals surface area contributed by atoms with Crippen molar-refractivity contribution < 1.29 is 4.79 Å². The van der Waals surface area contributed by atoms with Crippen molar-refractivity contribution in [3.63, 3.8) is 0 Å². The predicted molar refractivity (Wildman–Crippen MR) is 102 cm³/mol. The van der Waals surface area contributed by atoms with Gasteiger partial charge in [0.2, 0.25) is 0 Å². The Balaban J connectivity index is 2.03. The molecule has 2 rings (SSSR count). The molecule has 2 aromatic rings. The van der Waals surface area contributed by atoms with Gasteiger partial charge in [-0.25, -0.2) is 4.98 Å². The van der Waals surface area contributed by atoms with Gasteiger partial charge in [-0.1, -0.05) is 30.7 Å². The second-order valence-electron chi connectivity index (χ2n) is 5.92. The lowest BCUT2D eigenvalue weighted by molar-refractivity contribution is 0.0949. The summed E-state index contributed by atoms with van der Waals surface area (Å²) in [6, 6.07) is 8.01. The average Bonchev–Trinajstić information content (AvgIpc) is 2.93. The zero-order valence-electron chi connectivity index (χ0n) is 14.6. The molecule has 1 aromatic heterocycles. The van der Waals surface area contributed by atoms with E-state index in [0.717, 1.165) is 29.4 Å². The Bertz CT molecular complexity index is 699. The van der Waals surface area contributed by atoms with Gasteiger partial charge < -0.3 is 5.32 Å². The van der Waals surface area contributed by atoms with Gasteiger partial charge in [0, 0.05) is 29.7 Å². The zero-order valence-corrected chi connectivity index (χ0v) is 16.2. The number of amides is 1. The summed E-state index contributed by atoms with van der Waals surface area (Å²) in [5, 5.41) is 4.48. The van der Waals surface area contributed by atoms with E-state index < -0.39 is 0 Å². The number of nitrogens with zero attached hydrogens (tertiary/aromatic N) is 2. The first-order valence-corrected chi connectivity index (χ1v) is 9.37. The van der Waals surface area contributed by atoms with E-state index >= 15 is 0 Å². The fourth-order valence-corrected chi connectivity index (χ4v) is 3.70. The molecule has 130 valence electrons. The lowest BCUT2D eigenvalue weighted by Gasteiger charge is -2.24. The first kappa shape index (κ1) is 18.9. The van der Waals surface area contributed by atoms with Crippen LogP contribution in [0.2, 0.25) is 5.02 Å². The Kier molecular flexibility index (Phi) is 6.78. The molecule has 4 nitrogen and oxygen atoms in total. The number of halogens is 1. The Morgan fingerprint density at radius 1 is 1.42 bits per heavy atom. The number of thiazole rings is 1. The number of rotatable bonds is 7. The number of carbonyl (C=O) groups excluding carboxylic acids is 1. The van der Waals surface area contributed by atoms with Crippen molar-refractivity contribution in [2.45, 2.75) is 33.7 Å². The number of nitrogens with one attached hydrogen (secondary N) is 1. The van der Waals surface area contributed by atoms with Gasteiger partial charge in [-0.2, -0.15) is 0 Å². The standard InChI is InChI=1S/C18H24ClN3OS/c1-5-22(12(2)3)10-9-20-17(23)16-13(4)21-18(24-16)14-7-6-8-15(19)11-14/h6-8,11-12H,5,9-10H2,1-4H3,(H,20,23). The van der Waals surface area contributed by atoms with Crippen LogP contribution in [0.4, 0.5) is 0 Å². The Labute approximate surface area is 152 Å². The summed E-state index contributed by atoms with van der Waals surface area (Å²) < 4.78 is 0. The largest absolute Gasteiger partial charge is 0.350 e. The summed E-state index contributed by atoms with van der Waals surface area (Å²) in [5.41, 5.74) is 1.69. The summed E-state index contributed by atoms with van der Waals surface area (Å²) in [4.78, 5) is 19.9. The van der Waals surface area contributed by atoms with Crippen LogP contribution in [0.3, 0.4) is 0 Å². The number of aryl methyl sites for hydroxylation is 1. The van der Waals surface area contributed by atoms with Crippen molar-refractivity contribution in [2.24, 2.45) is 0 Å². The van der Waals surface area contributed by atoms with E-state index in [1.807, 2.05) is 31.2 Å². The average molecular weight is 366 g/mol. The molecule has 24 heavy (non-hydrogen) atoms. The minimum absolute atomic E-state index is 0.0573. The third-order valence-corrected chi connectivity index (χ3v) is 5.34. The molecule has 6 heteroatoms. The normalized spacial score (nSPS) is 11.3. The molecule has 0 saturated heterocycles. The van der Waals surface area contributed by atoms with Crippen LogP contribution >= 0.6 is 22.9 Å². The lowest BCUT2D eigenvalue weighted by atomic mass is 10.2. The molecule has 1 heterocycles. The summed E-state index contributed by atoms with van der Waals surface area (Å²) in [7, 11) is 0. The molecule has 1 amide bonds. The molecular formula is C18H24ClN3OS. The number of likely N-dealkylation sites (N-methyl/N-ethyl adjacent to an activating group) is 1. The lowest BCUT2D eigenvalue weighted by Crippen LogP contribution is -2.38. The van der Waals surface area contributed by atoms with Crippen molar-refractivity contribution in [3.05, 3.63) is 39.9 Å². The highest BCUT2D eigenvalue weighted by Gasteiger charge is 2.16. The van der Waals surface area contributed by atoms with E-state index in [0.29, 0.717) is 22.5 Å². The van der Waals surface area contributed by atoms with Crippen molar-refractivity contribution in [3.8, 4) is 10.6 Å². The first-order valence-electron chi connectivity index (χ1n) is 8.18. The van der Waals surface area contributed by atoms with Gasteiger partial charge in [0.05, 0.1) is 5.69 Å². The molecule has 0 saturated carbocycles. The molecule has 0 atom stereocenters. The van der Waals surface area contributed by atoms with E-state index in [9.17, 15) is 4.79 Å². The number of hydrogen-bond acceptors (Lipinski definition) is 4. The van der Waals surface area contributed by atoms with Gasteiger partial charge in [-0.15, -0.1) is 11.3 Å². The van der Waals surface area contributed by atoms with Gasteiger partial charge in [0.25, 0.3) is 5.91 Å². The van der Waals surface area contributed by atoms with E-state index in [4.69, 9.17) is 11.6 Å². The smallest absolute Gasteiger partial charge is 0.263 e. The molecule has 0 aliphatic carbocycles. The van der Waals surface area contributed by atoms with Crippen molar-refractivity contribution in [1.82, 2.24) is 15.2 Å². The fourth-order valence-electron chi connectivity index (χ4n) is 2.53. The maximum Gasteiger partial charge on any atom is 0.263 e. The molecule has 0 aliphatic rings. The Morgan fingerprint density at radius 3 is 2.79 bits per heavy atom. The van der Waals surface area contributed by atoms with Gasteiger partial charge >= 0.3 is 0 Å². The van der Waals surface area contributed by atoms with Crippen molar-refractivity contribution >= 4 is 28.8 Å². The highest BCUT2D eigenvalue weighted by molar-refractivity contribution is 7.17. The van der Waals surface area contributed by atoms with Crippen molar-refractivity contribution in [2.75, 3.05) is 19.6 Å². The minimum atomic E-state index is -0.0573. The van der Waals surface area contributed by atoms with Crippen LogP contribution in [-0.2, 0) is 0 Å². The monoisotopic (exact) mass is 365 g/mol. The number of benzene rings is 1. The van der Waals surface area contributed by atoms with Gasteiger partial charge in [-0.3, -0.25) is 9.69 Å². The third kappa shape index (κ3) is 4.79. The van der Waals surface area contributed by atoms with Crippen LogP contribution in [0.5, 0.6) is 0 Å². The van der Waals surface area contributed by atoms with Crippen LogP contribution in [-0.4, -0.2) is 41.5 Å². The first-order chi connectivity index (χ1) is 11.4. The molecule has 0 radical (unpaired) electrons. The number of hydrogen-bond donors (Lipinski definition) is 1. The fraction of sp³-hybridized carbons (Fsp3) is 0.444. The molecule has 1 N–H and O–H groups in total. The maximum atomic E-state index is 12.4. The quantitative estimate of drug-likeness (QED) is 0.798. The molecule has 0 aliphatic heterocycles. The second kappa shape index (κ2) is 8.60. The summed E-state index contributed by atoms with van der Waals surface area (Å²) in [6.45, 7) is 10.8. The SMILES string of the molecule is CCN(CCNC(=O)c1sc(-c2cccc(Cl)c2)nc1C)C(C)C. The predicted octanol–water partition coefficient (Wildman–Crippen LogP) is 4.23. The highest BCUT2D eigenvalue weighted by atomic mass is 35.5. The third-order valence-electron chi connectivity index (χ3n) is 3.90. The van der Waals surface area contributed by atoms with Crippen molar-refractivity contribution in [1.29, 1.82) is 0 Å². The van der Waals surface area contributed by atoms with Crippen LogP contribution in [0.25, 0.3) is 10.6 Å².